The highest BCUT2D eigenvalue weighted by molar-refractivity contribution is 7.09. The normalized spacial score (nSPS) is 20.0. The third-order valence-electron chi connectivity index (χ3n) is 5.47. The fraction of sp³-hybridized carbons (Fsp3) is 0.556. The maximum absolute atomic E-state index is 12.7. The molecule has 0 aliphatic carbocycles. The quantitative estimate of drug-likeness (QED) is 0.906. The molecule has 4 heterocycles. The summed E-state index contributed by atoms with van der Waals surface area (Å²) >= 11 is 1.81. The highest BCUT2D eigenvalue weighted by Gasteiger charge is 2.48. The van der Waals surface area contributed by atoms with Crippen LogP contribution in [-0.4, -0.2) is 59.0 Å². The van der Waals surface area contributed by atoms with Gasteiger partial charge in [0.15, 0.2) is 0 Å². The minimum absolute atomic E-state index is 0.0721. The fourth-order valence-electron chi connectivity index (χ4n) is 4.25. The summed E-state index contributed by atoms with van der Waals surface area (Å²) in [6.07, 6.45) is 4.46. The van der Waals surface area contributed by atoms with Crippen molar-refractivity contribution >= 4 is 17.2 Å². The molecule has 1 saturated heterocycles. The van der Waals surface area contributed by atoms with Gasteiger partial charge < -0.3 is 14.6 Å². The molecule has 0 radical (unpaired) electrons. The molecule has 2 aromatic rings. The molecule has 134 valence electrons. The van der Waals surface area contributed by atoms with Crippen LogP contribution >= 0.6 is 11.3 Å². The number of aromatic amines is 1. The van der Waals surface area contributed by atoms with E-state index in [4.69, 9.17) is 4.74 Å². The Morgan fingerprint density at radius 3 is 2.96 bits per heavy atom. The van der Waals surface area contributed by atoms with E-state index in [1.165, 1.54) is 10.6 Å². The van der Waals surface area contributed by atoms with E-state index in [1.54, 1.807) is 24.8 Å². The number of thiophene rings is 1. The topological polar surface area (TPSA) is 61.5 Å². The van der Waals surface area contributed by atoms with Gasteiger partial charge in [-0.25, -0.2) is 4.98 Å². The maximum Gasteiger partial charge on any atom is 0.249 e. The minimum Gasteiger partial charge on any atom is -0.375 e. The van der Waals surface area contributed by atoms with Gasteiger partial charge in [-0.3, -0.25) is 9.69 Å². The molecule has 1 fully saturated rings. The zero-order chi connectivity index (χ0) is 17.3. The van der Waals surface area contributed by atoms with Gasteiger partial charge in [-0.05, 0) is 24.3 Å². The van der Waals surface area contributed by atoms with Crippen LogP contribution in [0.15, 0.2) is 23.8 Å². The summed E-state index contributed by atoms with van der Waals surface area (Å²) in [6, 6.07) is 4.30. The van der Waals surface area contributed by atoms with E-state index in [0.29, 0.717) is 0 Å². The highest BCUT2D eigenvalue weighted by atomic mass is 32.1. The third kappa shape index (κ3) is 3.01. The van der Waals surface area contributed by atoms with Crippen molar-refractivity contribution < 1.29 is 9.53 Å². The summed E-state index contributed by atoms with van der Waals surface area (Å²) in [5.74, 6) is 0.0721. The molecule has 2 aromatic heterocycles. The zero-order valence-electron chi connectivity index (χ0n) is 14.5. The Bertz CT molecular complexity index is 719. The van der Waals surface area contributed by atoms with Gasteiger partial charge in [-0.2, -0.15) is 0 Å². The number of carbonyl (C=O) groups is 1. The Hall–Kier alpha value is -1.70. The van der Waals surface area contributed by atoms with Crippen molar-refractivity contribution in [3.8, 4) is 0 Å². The monoisotopic (exact) mass is 360 g/mol. The number of carbonyl (C=O) groups excluding carboxylic acids is 1. The van der Waals surface area contributed by atoms with Gasteiger partial charge in [0, 0.05) is 50.3 Å². The predicted molar refractivity (Wildman–Crippen MR) is 96.4 cm³/mol. The van der Waals surface area contributed by atoms with Gasteiger partial charge in [0.2, 0.25) is 5.91 Å². The smallest absolute Gasteiger partial charge is 0.249 e. The number of nitrogens with one attached hydrogen (secondary N) is 1. The van der Waals surface area contributed by atoms with Crippen LogP contribution in [0.25, 0.3) is 0 Å². The number of nitrogens with zero attached hydrogens (tertiary/aromatic N) is 3. The molecule has 25 heavy (non-hydrogen) atoms. The SMILES string of the molecule is COCC(=O)N1CCc2[nH]cnc2C12CCN(Cc1cccs1)CC2. The van der Waals surface area contributed by atoms with E-state index in [0.717, 1.165) is 51.1 Å². The lowest BCUT2D eigenvalue weighted by Gasteiger charge is -2.50. The van der Waals surface area contributed by atoms with E-state index in [-0.39, 0.29) is 18.1 Å². The lowest BCUT2D eigenvalue weighted by Crippen LogP contribution is -2.58. The summed E-state index contributed by atoms with van der Waals surface area (Å²) in [5.41, 5.74) is 1.97. The van der Waals surface area contributed by atoms with Crippen molar-refractivity contribution in [2.45, 2.75) is 31.3 Å². The van der Waals surface area contributed by atoms with E-state index in [1.807, 2.05) is 4.90 Å². The number of hydrogen-bond acceptors (Lipinski definition) is 5. The number of imidazole rings is 1. The second kappa shape index (κ2) is 6.90. The van der Waals surface area contributed by atoms with Crippen LogP contribution in [-0.2, 0) is 28.0 Å². The van der Waals surface area contributed by atoms with Crippen LogP contribution < -0.4 is 0 Å². The van der Waals surface area contributed by atoms with Gasteiger partial charge >= 0.3 is 0 Å². The van der Waals surface area contributed by atoms with Crippen LogP contribution in [0.2, 0.25) is 0 Å². The van der Waals surface area contributed by atoms with Gasteiger partial charge in [0.1, 0.15) is 6.61 Å². The maximum atomic E-state index is 12.7. The summed E-state index contributed by atoms with van der Waals surface area (Å²) in [6.45, 7) is 3.82. The first-order valence-electron chi connectivity index (χ1n) is 8.80. The Morgan fingerprint density at radius 1 is 1.40 bits per heavy atom. The van der Waals surface area contributed by atoms with Gasteiger partial charge in [-0.1, -0.05) is 6.07 Å². The van der Waals surface area contributed by atoms with E-state index >= 15 is 0 Å². The van der Waals surface area contributed by atoms with Crippen molar-refractivity contribution in [2.75, 3.05) is 33.4 Å². The van der Waals surface area contributed by atoms with Crippen LogP contribution in [0.5, 0.6) is 0 Å². The number of methoxy groups -OCH3 is 1. The Balaban J connectivity index is 1.56. The molecule has 2 aliphatic heterocycles. The second-order valence-electron chi connectivity index (χ2n) is 6.85. The summed E-state index contributed by atoms with van der Waals surface area (Å²) in [4.78, 5) is 26.5. The Morgan fingerprint density at radius 2 is 2.24 bits per heavy atom. The van der Waals surface area contributed by atoms with Crippen LogP contribution in [0.3, 0.4) is 0 Å². The summed E-state index contributed by atoms with van der Waals surface area (Å²) < 4.78 is 5.12. The highest BCUT2D eigenvalue weighted by Crippen LogP contribution is 2.42. The average Bonchev–Trinajstić information content (AvgIpc) is 3.29. The lowest BCUT2D eigenvalue weighted by molar-refractivity contribution is -0.146. The zero-order valence-corrected chi connectivity index (χ0v) is 15.3. The number of fused-ring (bicyclic) bond motifs is 2. The number of hydrogen-bond donors (Lipinski definition) is 1. The molecule has 7 heteroatoms. The molecule has 0 unspecified atom stereocenters. The number of aromatic nitrogens is 2. The molecule has 2 aliphatic rings. The molecule has 0 aromatic carbocycles. The number of H-pyrrole nitrogens is 1. The third-order valence-corrected chi connectivity index (χ3v) is 6.33. The largest absolute Gasteiger partial charge is 0.375 e. The van der Waals surface area contributed by atoms with Crippen molar-refractivity contribution in [1.29, 1.82) is 0 Å². The first kappa shape index (κ1) is 16.8. The van der Waals surface area contributed by atoms with Gasteiger partial charge in [0.25, 0.3) is 0 Å². The molecule has 0 atom stereocenters. The fourth-order valence-corrected chi connectivity index (χ4v) is 5.00. The summed E-state index contributed by atoms with van der Waals surface area (Å²) in [7, 11) is 1.58. The van der Waals surface area contributed by atoms with Gasteiger partial charge in [-0.15, -0.1) is 11.3 Å². The van der Waals surface area contributed by atoms with Crippen LogP contribution in [0.4, 0.5) is 0 Å². The lowest BCUT2D eigenvalue weighted by atomic mass is 9.78. The van der Waals surface area contributed by atoms with Gasteiger partial charge in [0.05, 0.1) is 17.6 Å². The van der Waals surface area contributed by atoms with Crippen LogP contribution in [0.1, 0.15) is 29.1 Å². The summed E-state index contributed by atoms with van der Waals surface area (Å²) in [5, 5.41) is 2.13. The minimum atomic E-state index is -0.283. The van der Waals surface area contributed by atoms with E-state index in [9.17, 15) is 4.79 Å². The molecule has 1 N–H and O–H groups in total. The first-order chi connectivity index (χ1) is 12.2. The molecule has 4 rings (SSSR count). The second-order valence-corrected chi connectivity index (χ2v) is 7.88. The van der Waals surface area contributed by atoms with E-state index in [2.05, 4.69) is 32.4 Å². The van der Waals surface area contributed by atoms with Crippen LogP contribution in [0, 0.1) is 0 Å². The number of amides is 1. The van der Waals surface area contributed by atoms with E-state index < -0.39 is 0 Å². The molecule has 6 nitrogen and oxygen atoms in total. The van der Waals surface area contributed by atoms with Crippen molar-refractivity contribution in [3.63, 3.8) is 0 Å². The standard InChI is InChI=1S/C18H24N4O2S/c1-24-12-16(23)22-7-4-15-17(20-13-19-15)18(22)5-8-21(9-6-18)11-14-3-2-10-25-14/h2-3,10,13H,4-9,11-12H2,1H3,(H,19,20). The molecule has 1 spiro atoms. The molecular formula is C18H24N4O2S. The number of piperidine rings is 1. The first-order valence-corrected chi connectivity index (χ1v) is 9.68. The number of ether oxygens (including phenoxy) is 1. The average molecular weight is 360 g/mol. The molecule has 0 saturated carbocycles. The number of rotatable bonds is 4. The van der Waals surface area contributed by atoms with Crippen molar-refractivity contribution in [3.05, 3.63) is 40.1 Å². The molecule has 0 bridgehead atoms. The Labute approximate surface area is 151 Å². The Kier molecular flexibility index (Phi) is 4.62. The predicted octanol–water partition coefficient (Wildman–Crippen LogP) is 1.99. The van der Waals surface area contributed by atoms with Crippen molar-refractivity contribution in [2.24, 2.45) is 0 Å². The van der Waals surface area contributed by atoms with Crippen molar-refractivity contribution in [1.82, 2.24) is 19.8 Å². The molecular weight excluding hydrogens is 336 g/mol. The molecule has 1 amide bonds. The number of likely N-dealkylation sites (tertiary alicyclic amines) is 1.